The average molecular weight is 300 g/mol. The van der Waals surface area contributed by atoms with E-state index in [2.05, 4.69) is 0 Å². The van der Waals surface area contributed by atoms with Gasteiger partial charge in [0.2, 0.25) is 0 Å². The fourth-order valence-corrected chi connectivity index (χ4v) is 0. The molecule has 0 aromatic rings. The zero-order valence-corrected chi connectivity index (χ0v) is 15.2. The summed E-state index contributed by atoms with van der Waals surface area (Å²) in [6.45, 7) is 0. The predicted octanol–water partition coefficient (Wildman–Crippen LogP) is -7.52. The van der Waals surface area contributed by atoms with Gasteiger partial charge < -0.3 is 0 Å². The molecule has 0 unspecified atom stereocenters. The molecule has 0 spiro atoms. The molecule has 0 radical (unpaired) electrons. The Morgan fingerprint density at radius 3 is 0.571 bits per heavy atom. The van der Waals surface area contributed by atoms with Gasteiger partial charge >= 0.3 is 155 Å². The van der Waals surface area contributed by atoms with Gasteiger partial charge in [-0.2, -0.15) is 0 Å². The van der Waals surface area contributed by atoms with Gasteiger partial charge in [0, 0.05) is 0 Å². The van der Waals surface area contributed by atoms with E-state index in [1.54, 1.807) is 0 Å². The first kappa shape index (κ1) is 36.0. The Labute approximate surface area is 152 Å². The molecule has 0 aliphatic rings. The van der Waals surface area contributed by atoms with Crippen LogP contribution in [0.1, 0.15) is 0 Å². The van der Waals surface area contributed by atoms with Crippen LogP contribution in [-0.4, -0.2) is 123 Å². The van der Waals surface area contributed by atoms with Gasteiger partial charge in [-0.15, -0.1) is 0 Å². The number of rotatable bonds is 0. The van der Waals surface area contributed by atoms with Crippen molar-refractivity contribution in [3.8, 4) is 0 Å². The van der Waals surface area contributed by atoms with Crippen LogP contribution in [0.15, 0.2) is 0 Å². The van der Waals surface area contributed by atoms with E-state index in [1.807, 2.05) is 0 Å². The van der Waals surface area contributed by atoms with Crippen molar-refractivity contribution in [1.29, 1.82) is 0 Å². The molecule has 0 N–H and O–H groups in total. The molecule has 0 aliphatic heterocycles. The molecule has 14 heavy (non-hydrogen) atoms. The summed E-state index contributed by atoms with van der Waals surface area (Å²) in [6, 6.07) is 0. The van der Waals surface area contributed by atoms with Crippen LogP contribution < -0.4 is 16.6 Å². The van der Waals surface area contributed by atoms with Gasteiger partial charge in [-0.25, -0.2) is 0 Å². The molecular weight excluding hydrogens is 300 g/mol. The molecule has 0 rings (SSSR count). The first-order valence-corrected chi connectivity index (χ1v) is 5.66. The molecule has 0 amide bonds. The van der Waals surface area contributed by atoms with Crippen molar-refractivity contribution >= 4 is 123 Å². The van der Waals surface area contributed by atoms with Gasteiger partial charge in [0.1, 0.15) is 0 Å². The summed E-state index contributed by atoms with van der Waals surface area (Å²) in [5.74, 6) is 0. The Kier molecular flexibility index (Phi) is 197. The van der Waals surface area contributed by atoms with Crippen molar-refractivity contribution in [2.75, 3.05) is 0 Å². The molecule has 0 heterocycles. The van der Waals surface area contributed by atoms with E-state index in [-0.39, 0.29) is 60.8 Å². The number of hydrogen-bond acceptors (Lipinski definition) is 8. The molecule has 0 saturated carbocycles. The van der Waals surface area contributed by atoms with Gasteiger partial charge in [-0.3, -0.25) is 0 Å². The van der Waals surface area contributed by atoms with Crippen LogP contribution in [0, 0.1) is 0 Å². The summed E-state index contributed by atoms with van der Waals surface area (Å²) >= 11 is -7.00. The quantitative estimate of drug-likeness (QED) is 0.398. The van der Waals surface area contributed by atoms with Crippen molar-refractivity contribution in [1.82, 2.24) is 0 Å². The van der Waals surface area contributed by atoms with Crippen LogP contribution in [0.4, 0.5) is 0 Å². The summed E-state index contributed by atoms with van der Waals surface area (Å²) in [6.07, 6.45) is 0. The monoisotopic (exact) mass is 300 g/mol. The maximum absolute atomic E-state index is 8.46. The van der Waals surface area contributed by atoms with Gasteiger partial charge in [0.05, 0.1) is 0 Å². The molecule has 0 aliphatic carbocycles. The van der Waals surface area contributed by atoms with Crippen molar-refractivity contribution in [2.24, 2.45) is 0 Å². The Hall–Kier alpha value is 2.56. The second-order valence-corrected chi connectivity index (χ2v) is 1.15. The van der Waals surface area contributed by atoms with E-state index in [4.69, 9.17) is 31.8 Å². The minimum atomic E-state index is -1.75. The maximum atomic E-state index is 8.46. The summed E-state index contributed by atoms with van der Waals surface area (Å²) < 4.78 is 67.7. The summed E-state index contributed by atoms with van der Waals surface area (Å²) in [7, 11) is 0. The molecule has 8 nitrogen and oxygen atoms in total. The fraction of sp³-hybridized carbons (Fsp3) is 0. The molecular formula is Al4CaMgO8. The van der Waals surface area contributed by atoms with Crippen LogP contribution in [-0.2, 0) is 15.2 Å². The van der Waals surface area contributed by atoms with E-state index >= 15 is 0 Å². The van der Waals surface area contributed by atoms with Crippen LogP contribution in [0.25, 0.3) is 0 Å². The van der Waals surface area contributed by atoms with Crippen LogP contribution in [0.5, 0.6) is 0 Å². The first-order chi connectivity index (χ1) is 5.66. The molecule has 64 valence electrons. The molecule has 0 aromatic heterocycles. The Bertz CT molecular complexity index is 75.3. The van der Waals surface area contributed by atoms with Crippen molar-refractivity contribution in [3.63, 3.8) is 0 Å². The minimum absolute atomic E-state index is 0. The molecule has 14 heteroatoms. The Morgan fingerprint density at radius 2 is 0.571 bits per heavy atom. The van der Waals surface area contributed by atoms with Gasteiger partial charge in [-0.1, -0.05) is 0 Å². The molecule has 0 saturated heterocycles. The topological polar surface area (TPSA) is 161 Å². The first-order valence-electron chi connectivity index (χ1n) is 1.89. The summed E-state index contributed by atoms with van der Waals surface area (Å²) in [5, 5.41) is 0. The molecule has 0 atom stereocenters. The van der Waals surface area contributed by atoms with Crippen LogP contribution >= 0.6 is 0 Å². The van der Waals surface area contributed by atoms with Gasteiger partial charge in [0.15, 0.2) is 0 Å². The van der Waals surface area contributed by atoms with E-state index in [9.17, 15) is 0 Å². The molecule has 0 fully saturated rings. The summed E-state index contributed by atoms with van der Waals surface area (Å²) in [4.78, 5) is 0. The second-order valence-electron chi connectivity index (χ2n) is 0.385. The molecule has 0 aromatic carbocycles. The standard InChI is InChI=1S/4Al.Ca.Mg.8O/q;;;;2*+2;;;;;4*-1. The number of hydrogen-bond donors (Lipinski definition) is 0. The normalized spacial score (nSPS) is 2.29. The third-order valence-electron chi connectivity index (χ3n) is 0. The average Bonchev–Trinajstić information content (AvgIpc) is 1.92. The fourth-order valence-electron chi connectivity index (χ4n) is 0. The van der Waals surface area contributed by atoms with Crippen LogP contribution in [0.2, 0.25) is 0 Å². The third kappa shape index (κ3) is 409. The molecule has 0 bridgehead atoms. The second kappa shape index (κ2) is 76.7. The Morgan fingerprint density at radius 1 is 0.571 bits per heavy atom. The zero-order valence-electron chi connectivity index (χ0n) is 6.99. The van der Waals surface area contributed by atoms with E-state index in [0.717, 1.165) is 0 Å². The predicted molar refractivity (Wildman–Crippen MR) is 37.3 cm³/mol. The van der Waals surface area contributed by atoms with Gasteiger partial charge in [-0.05, 0) is 0 Å². The van der Waals surface area contributed by atoms with Crippen molar-refractivity contribution in [2.45, 2.75) is 0 Å². The summed E-state index contributed by atoms with van der Waals surface area (Å²) in [5.41, 5.74) is 0. The third-order valence-corrected chi connectivity index (χ3v) is 0. The van der Waals surface area contributed by atoms with E-state index < -0.39 is 61.9 Å². The SMILES string of the molecule is [Ca+2].[Mg+2].[O]=[Al][O-].[O]=[Al][O-].[O]=[Al][O-].[O]=[Al][O-]. The van der Waals surface area contributed by atoms with Crippen LogP contribution in [0.3, 0.4) is 0 Å². The van der Waals surface area contributed by atoms with Crippen molar-refractivity contribution in [3.05, 3.63) is 0 Å². The van der Waals surface area contributed by atoms with E-state index in [0.29, 0.717) is 0 Å². The van der Waals surface area contributed by atoms with Gasteiger partial charge in [0.25, 0.3) is 0 Å². The Balaban J connectivity index is -0.0000000145. The van der Waals surface area contributed by atoms with E-state index in [1.165, 1.54) is 0 Å². The zero-order chi connectivity index (χ0) is 10.8. The van der Waals surface area contributed by atoms with Crippen molar-refractivity contribution < 1.29 is 31.8 Å².